The van der Waals surface area contributed by atoms with Crippen molar-refractivity contribution >= 4 is 6.09 Å². The van der Waals surface area contributed by atoms with Crippen molar-refractivity contribution in [3.05, 3.63) is 35.6 Å². The lowest BCUT2D eigenvalue weighted by Gasteiger charge is -2.20. The molecule has 98 valence electrons. The number of carbonyl (C=O) groups excluding carboxylic acids is 1. The number of rotatable bonds is 4. The van der Waals surface area contributed by atoms with E-state index in [-0.39, 0.29) is 19.0 Å². The van der Waals surface area contributed by atoms with Crippen molar-refractivity contribution in [2.24, 2.45) is 0 Å². The highest BCUT2D eigenvalue weighted by Crippen LogP contribution is 2.27. The van der Waals surface area contributed by atoms with Crippen molar-refractivity contribution in [2.45, 2.75) is 25.5 Å². The summed E-state index contributed by atoms with van der Waals surface area (Å²) in [4.78, 5) is 13.1. The average molecular weight is 253 g/mol. The molecule has 4 nitrogen and oxygen atoms in total. The van der Waals surface area contributed by atoms with Gasteiger partial charge in [0.25, 0.3) is 0 Å². The van der Waals surface area contributed by atoms with Crippen LogP contribution in [0.4, 0.5) is 9.18 Å². The van der Waals surface area contributed by atoms with Crippen molar-refractivity contribution < 1.29 is 19.0 Å². The molecule has 5 heteroatoms. The van der Waals surface area contributed by atoms with E-state index in [0.29, 0.717) is 18.5 Å². The van der Waals surface area contributed by atoms with Crippen LogP contribution in [0.1, 0.15) is 18.9 Å². The molecule has 0 bridgehead atoms. The van der Waals surface area contributed by atoms with Crippen LogP contribution < -0.4 is 0 Å². The minimum absolute atomic E-state index is 0.0443. The Kier molecular flexibility index (Phi) is 3.52. The number of nitrogens with zero attached hydrogens (tertiary/aromatic N) is 1. The zero-order valence-electron chi connectivity index (χ0n) is 10.2. The molecule has 1 aliphatic rings. The zero-order valence-corrected chi connectivity index (χ0v) is 10.2. The van der Waals surface area contributed by atoms with Gasteiger partial charge in [0, 0.05) is 18.6 Å². The fraction of sp³-hybridized carbons (Fsp3) is 0.462. The fourth-order valence-corrected chi connectivity index (χ4v) is 2.10. The molecule has 1 aromatic carbocycles. The van der Waals surface area contributed by atoms with Crippen molar-refractivity contribution in [1.29, 1.82) is 0 Å². The monoisotopic (exact) mass is 253 g/mol. The maximum absolute atomic E-state index is 13.5. The summed E-state index contributed by atoms with van der Waals surface area (Å²) in [7, 11) is 0. The number of aliphatic hydroxyl groups is 1. The molecule has 1 saturated heterocycles. The Balaban J connectivity index is 2.07. The highest BCUT2D eigenvalue weighted by atomic mass is 19.1. The summed E-state index contributed by atoms with van der Waals surface area (Å²) >= 11 is 0. The van der Waals surface area contributed by atoms with Gasteiger partial charge in [-0.15, -0.1) is 0 Å². The third-order valence-electron chi connectivity index (χ3n) is 3.08. The van der Waals surface area contributed by atoms with Crippen molar-refractivity contribution in [3.8, 4) is 0 Å². The molecule has 18 heavy (non-hydrogen) atoms. The lowest BCUT2D eigenvalue weighted by molar-refractivity contribution is 0.0502. The molecule has 2 rings (SSSR count). The fourth-order valence-electron chi connectivity index (χ4n) is 2.10. The number of carbonyl (C=O) groups is 1. The second-order valence-electron chi connectivity index (χ2n) is 4.74. The van der Waals surface area contributed by atoms with E-state index in [1.807, 2.05) is 0 Å². The van der Waals surface area contributed by atoms with Gasteiger partial charge in [-0.1, -0.05) is 18.2 Å². The van der Waals surface area contributed by atoms with E-state index in [1.165, 1.54) is 11.0 Å². The van der Waals surface area contributed by atoms with Crippen LogP contribution in [0.2, 0.25) is 0 Å². The van der Waals surface area contributed by atoms with Gasteiger partial charge in [0.15, 0.2) is 0 Å². The highest BCUT2D eigenvalue weighted by Gasteiger charge is 2.40. The molecule has 1 unspecified atom stereocenters. The van der Waals surface area contributed by atoms with E-state index in [2.05, 4.69) is 0 Å². The number of halogens is 1. The summed E-state index contributed by atoms with van der Waals surface area (Å²) in [6, 6.07) is 6.34. The summed E-state index contributed by atoms with van der Waals surface area (Å²) in [6.45, 7) is 2.27. The summed E-state index contributed by atoms with van der Waals surface area (Å²) in [6.07, 6.45) is -0.0822. The lowest BCUT2D eigenvalue weighted by atomic mass is 10.0. The first-order valence-corrected chi connectivity index (χ1v) is 5.86. The molecule has 1 aromatic rings. The zero-order chi connectivity index (χ0) is 13.2. The highest BCUT2D eigenvalue weighted by molar-refractivity contribution is 5.70. The lowest BCUT2D eigenvalue weighted by Crippen LogP contribution is -2.32. The third-order valence-corrected chi connectivity index (χ3v) is 3.08. The van der Waals surface area contributed by atoms with Crippen LogP contribution in [-0.2, 0) is 11.3 Å². The molecule has 0 spiro atoms. The normalized spacial score (nSPS) is 23.3. The quantitative estimate of drug-likeness (QED) is 0.891. The van der Waals surface area contributed by atoms with Gasteiger partial charge >= 0.3 is 6.09 Å². The molecule has 1 atom stereocenters. The third kappa shape index (κ3) is 2.61. The van der Waals surface area contributed by atoms with E-state index in [4.69, 9.17) is 9.84 Å². The number of hydrogen-bond donors (Lipinski definition) is 1. The predicted octanol–water partition coefficient (Wildman–Crippen LogP) is 1.92. The average Bonchev–Trinajstić information content (AvgIpc) is 2.57. The van der Waals surface area contributed by atoms with E-state index in [1.54, 1.807) is 25.1 Å². The number of aliphatic hydroxyl groups excluding tert-OH is 1. The molecule has 1 fully saturated rings. The molecule has 1 heterocycles. The first kappa shape index (κ1) is 12.8. The van der Waals surface area contributed by atoms with E-state index >= 15 is 0 Å². The second-order valence-corrected chi connectivity index (χ2v) is 4.74. The Labute approximate surface area is 105 Å². The van der Waals surface area contributed by atoms with Gasteiger partial charge < -0.3 is 9.84 Å². The molecule has 0 radical (unpaired) electrons. The minimum atomic E-state index is -0.683. The molecule has 1 aliphatic heterocycles. The largest absolute Gasteiger partial charge is 0.441 e. The molecule has 1 N–H and O–H groups in total. The first-order valence-electron chi connectivity index (χ1n) is 5.86. The van der Waals surface area contributed by atoms with E-state index < -0.39 is 11.7 Å². The number of amides is 1. The molecular formula is C13H16FNO3. The summed E-state index contributed by atoms with van der Waals surface area (Å²) in [5.74, 6) is -0.332. The second kappa shape index (κ2) is 4.94. The Bertz CT molecular complexity index is 452. The van der Waals surface area contributed by atoms with Gasteiger partial charge in [0.2, 0.25) is 0 Å². The Morgan fingerprint density at radius 3 is 2.89 bits per heavy atom. The predicted molar refractivity (Wildman–Crippen MR) is 63.4 cm³/mol. The van der Waals surface area contributed by atoms with Gasteiger partial charge in [0.05, 0.1) is 13.1 Å². The van der Waals surface area contributed by atoms with Crippen LogP contribution >= 0.6 is 0 Å². The van der Waals surface area contributed by atoms with Crippen LogP contribution in [0.15, 0.2) is 24.3 Å². The van der Waals surface area contributed by atoms with Crippen LogP contribution in [0, 0.1) is 5.82 Å². The molecule has 0 aromatic heterocycles. The van der Waals surface area contributed by atoms with Gasteiger partial charge in [-0.2, -0.15) is 0 Å². The van der Waals surface area contributed by atoms with Crippen molar-refractivity contribution in [1.82, 2.24) is 4.90 Å². The standard InChI is InChI=1S/C13H16FNO3/c1-13(6-7-16)9-15(12(17)18-13)8-10-4-2-3-5-11(10)14/h2-5,16H,6-9H2,1H3. The molecule has 0 saturated carbocycles. The van der Waals surface area contributed by atoms with Crippen LogP contribution in [0.25, 0.3) is 0 Å². The smallest absolute Gasteiger partial charge is 0.410 e. The number of hydrogen-bond acceptors (Lipinski definition) is 3. The molecule has 0 aliphatic carbocycles. The van der Waals surface area contributed by atoms with Crippen molar-refractivity contribution in [2.75, 3.05) is 13.2 Å². The summed E-state index contributed by atoms with van der Waals surface area (Å²) < 4.78 is 18.7. The van der Waals surface area contributed by atoms with Crippen LogP contribution in [-0.4, -0.2) is 34.9 Å². The summed E-state index contributed by atoms with van der Waals surface area (Å²) in [5.41, 5.74) is -0.223. The maximum atomic E-state index is 13.5. The maximum Gasteiger partial charge on any atom is 0.410 e. The SMILES string of the molecule is CC1(CCO)CN(Cc2ccccc2F)C(=O)O1. The molecule has 1 amide bonds. The Morgan fingerprint density at radius 2 is 2.22 bits per heavy atom. The van der Waals surface area contributed by atoms with Crippen LogP contribution in [0.5, 0.6) is 0 Å². The number of ether oxygens (including phenoxy) is 1. The van der Waals surface area contributed by atoms with Gasteiger partial charge in [-0.3, -0.25) is 4.90 Å². The summed E-state index contributed by atoms with van der Waals surface area (Å²) in [5, 5.41) is 8.93. The van der Waals surface area contributed by atoms with Crippen molar-refractivity contribution in [3.63, 3.8) is 0 Å². The number of cyclic esters (lactones) is 1. The molecular weight excluding hydrogens is 237 g/mol. The topological polar surface area (TPSA) is 49.8 Å². The van der Waals surface area contributed by atoms with Gasteiger partial charge in [-0.05, 0) is 13.0 Å². The first-order chi connectivity index (χ1) is 8.54. The Hall–Kier alpha value is -1.62. The Morgan fingerprint density at radius 1 is 1.50 bits per heavy atom. The van der Waals surface area contributed by atoms with E-state index in [0.717, 1.165) is 0 Å². The minimum Gasteiger partial charge on any atom is -0.441 e. The van der Waals surface area contributed by atoms with Gasteiger partial charge in [-0.25, -0.2) is 9.18 Å². The van der Waals surface area contributed by atoms with Gasteiger partial charge in [0.1, 0.15) is 11.4 Å². The van der Waals surface area contributed by atoms with E-state index in [9.17, 15) is 9.18 Å². The van der Waals surface area contributed by atoms with Crippen LogP contribution in [0.3, 0.4) is 0 Å². The number of benzene rings is 1.